The molecular formula is C13H9F3N2O. The topological polar surface area (TPSA) is 42.0 Å². The Morgan fingerprint density at radius 1 is 1.21 bits per heavy atom. The van der Waals surface area contributed by atoms with Gasteiger partial charge in [-0.2, -0.15) is 4.39 Å². The van der Waals surface area contributed by atoms with E-state index in [2.05, 4.69) is 10.3 Å². The van der Waals surface area contributed by atoms with Gasteiger partial charge in [0.05, 0.1) is 11.3 Å². The van der Waals surface area contributed by atoms with Gasteiger partial charge in [0.2, 0.25) is 5.95 Å². The molecule has 1 aromatic heterocycles. The molecule has 0 unspecified atom stereocenters. The SMILES string of the molecule is Cc1ccc(NC(=O)c2ccnc(F)c2F)c(F)c1. The van der Waals surface area contributed by atoms with E-state index < -0.39 is 29.1 Å². The number of halogens is 3. The molecule has 0 aliphatic carbocycles. The number of hydrogen-bond acceptors (Lipinski definition) is 2. The number of amides is 1. The molecule has 6 heteroatoms. The van der Waals surface area contributed by atoms with Gasteiger partial charge < -0.3 is 5.32 Å². The van der Waals surface area contributed by atoms with Crippen LogP contribution in [0.25, 0.3) is 0 Å². The minimum atomic E-state index is -1.38. The van der Waals surface area contributed by atoms with Crippen molar-refractivity contribution in [3.63, 3.8) is 0 Å². The van der Waals surface area contributed by atoms with E-state index in [1.807, 2.05) is 0 Å². The van der Waals surface area contributed by atoms with Crippen molar-refractivity contribution in [2.75, 3.05) is 5.32 Å². The largest absolute Gasteiger partial charge is 0.319 e. The molecule has 1 heterocycles. The predicted molar refractivity (Wildman–Crippen MR) is 63.2 cm³/mol. The third kappa shape index (κ3) is 2.73. The van der Waals surface area contributed by atoms with Gasteiger partial charge in [-0.15, -0.1) is 0 Å². The molecule has 0 fully saturated rings. The summed E-state index contributed by atoms with van der Waals surface area (Å²) in [5.41, 5.74) is 0.0383. The van der Waals surface area contributed by atoms with E-state index in [1.165, 1.54) is 12.1 Å². The fraction of sp³-hybridized carbons (Fsp3) is 0.0769. The first-order valence-electron chi connectivity index (χ1n) is 5.36. The van der Waals surface area contributed by atoms with Gasteiger partial charge in [0.25, 0.3) is 5.91 Å². The van der Waals surface area contributed by atoms with Gasteiger partial charge in [-0.25, -0.2) is 13.8 Å². The zero-order chi connectivity index (χ0) is 14.0. The number of pyridine rings is 1. The molecule has 2 aromatic rings. The van der Waals surface area contributed by atoms with E-state index in [-0.39, 0.29) is 5.69 Å². The number of aromatic nitrogens is 1. The van der Waals surface area contributed by atoms with Crippen molar-refractivity contribution >= 4 is 11.6 Å². The Morgan fingerprint density at radius 3 is 2.63 bits per heavy atom. The number of anilines is 1. The van der Waals surface area contributed by atoms with E-state index in [4.69, 9.17) is 0 Å². The smallest absolute Gasteiger partial charge is 0.258 e. The second-order valence-electron chi connectivity index (χ2n) is 3.90. The number of rotatable bonds is 2. The molecular weight excluding hydrogens is 257 g/mol. The van der Waals surface area contributed by atoms with Gasteiger partial charge in [0.1, 0.15) is 5.82 Å². The molecule has 1 N–H and O–H groups in total. The van der Waals surface area contributed by atoms with E-state index in [0.29, 0.717) is 5.56 Å². The van der Waals surface area contributed by atoms with Gasteiger partial charge in [-0.3, -0.25) is 4.79 Å². The number of aryl methyl sites for hydroxylation is 1. The molecule has 98 valence electrons. The summed E-state index contributed by atoms with van der Waals surface area (Å²) < 4.78 is 39.7. The summed E-state index contributed by atoms with van der Waals surface area (Å²) in [7, 11) is 0. The van der Waals surface area contributed by atoms with Crippen LogP contribution in [0.1, 0.15) is 15.9 Å². The Hall–Kier alpha value is -2.37. The summed E-state index contributed by atoms with van der Waals surface area (Å²) in [5, 5.41) is 2.17. The maximum atomic E-state index is 13.5. The number of carbonyl (C=O) groups excluding carboxylic acids is 1. The maximum absolute atomic E-state index is 13.5. The van der Waals surface area contributed by atoms with Crippen LogP contribution < -0.4 is 5.32 Å². The Morgan fingerprint density at radius 2 is 1.95 bits per heavy atom. The van der Waals surface area contributed by atoms with Crippen LogP contribution in [-0.4, -0.2) is 10.9 Å². The third-order valence-electron chi connectivity index (χ3n) is 2.46. The van der Waals surface area contributed by atoms with Crippen molar-refractivity contribution in [1.29, 1.82) is 0 Å². The summed E-state index contributed by atoms with van der Waals surface area (Å²) in [6.45, 7) is 1.69. The van der Waals surface area contributed by atoms with Crippen molar-refractivity contribution in [3.8, 4) is 0 Å². The lowest BCUT2D eigenvalue weighted by Gasteiger charge is -2.07. The highest BCUT2D eigenvalue weighted by atomic mass is 19.2. The second kappa shape index (κ2) is 5.09. The van der Waals surface area contributed by atoms with Gasteiger partial charge >= 0.3 is 0 Å². The van der Waals surface area contributed by atoms with Gasteiger partial charge in [-0.05, 0) is 30.7 Å². The predicted octanol–water partition coefficient (Wildman–Crippen LogP) is 3.06. The first kappa shape index (κ1) is 13.1. The van der Waals surface area contributed by atoms with Gasteiger partial charge in [0, 0.05) is 6.20 Å². The molecule has 3 nitrogen and oxygen atoms in total. The van der Waals surface area contributed by atoms with Crippen LogP contribution in [0, 0.1) is 24.5 Å². The zero-order valence-electron chi connectivity index (χ0n) is 9.88. The summed E-state index contributed by atoms with van der Waals surface area (Å²) in [6.07, 6.45) is 0.957. The van der Waals surface area contributed by atoms with Crippen molar-refractivity contribution < 1.29 is 18.0 Å². The summed E-state index contributed by atoms with van der Waals surface area (Å²) in [6, 6.07) is 5.17. The van der Waals surface area contributed by atoms with E-state index in [1.54, 1.807) is 13.0 Å². The Kier molecular flexibility index (Phi) is 3.50. The van der Waals surface area contributed by atoms with Crippen molar-refractivity contribution in [1.82, 2.24) is 4.98 Å². The van der Waals surface area contributed by atoms with E-state index in [0.717, 1.165) is 12.3 Å². The van der Waals surface area contributed by atoms with Crippen molar-refractivity contribution in [2.24, 2.45) is 0 Å². The fourth-order valence-corrected chi connectivity index (χ4v) is 1.50. The zero-order valence-corrected chi connectivity index (χ0v) is 9.88. The first-order valence-corrected chi connectivity index (χ1v) is 5.36. The Bertz CT molecular complexity index is 644. The number of nitrogens with zero attached hydrogens (tertiary/aromatic N) is 1. The molecule has 0 atom stereocenters. The summed E-state index contributed by atoms with van der Waals surface area (Å²) >= 11 is 0. The van der Waals surface area contributed by atoms with Gasteiger partial charge in [0.15, 0.2) is 5.82 Å². The molecule has 0 radical (unpaired) electrons. The van der Waals surface area contributed by atoms with Crippen LogP contribution in [-0.2, 0) is 0 Å². The number of nitrogens with one attached hydrogen (secondary N) is 1. The summed E-state index contributed by atoms with van der Waals surface area (Å²) in [4.78, 5) is 14.8. The minimum Gasteiger partial charge on any atom is -0.319 e. The number of benzene rings is 1. The van der Waals surface area contributed by atoms with Crippen molar-refractivity contribution in [3.05, 3.63) is 59.2 Å². The third-order valence-corrected chi connectivity index (χ3v) is 2.46. The van der Waals surface area contributed by atoms with Crippen LogP contribution in [0.2, 0.25) is 0 Å². The van der Waals surface area contributed by atoms with Crippen LogP contribution in [0.4, 0.5) is 18.9 Å². The second-order valence-corrected chi connectivity index (χ2v) is 3.90. The first-order chi connectivity index (χ1) is 8.99. The molecule has 1 aromatic carbocycles. The Balaban J connectivity index is 2.28. The van der Waals surface area contributed by atoms with Crippen LogP contribution in [0.15, 0.2) is 30.5 Å². The Labute approximate surface area is 107 Å². The lowest BCUT2D eigenvalue weighted by molar-refractivity contribution is 0.102. The number of hydrogen-bond donors (Lipinski definition) is 1. The summed E-state index contributed by atoms with van der Waals surface area (Å²) in [5.74, 6) is -4.34. The molecule has 0 aliphatic heterocycles. The van der Waals surface area contributed by atoms with Crippen LogP contribution in [0.3, 0.4) is 0 Å². The monoisotopic (exact) mass is 266 g/mol. The fourth-order valence-electron chi connectivity index (χ4n) is 1.50. The highest BCUT2D eigenvalue weighted by molar-refractivity contribution is 6.04. The molecule has 2 rings (SSSR count). The quantitative estimate of drug-likeness (QED) is 0.849. The molecule has 0 aliphatic rings. The maximum Gasteiger partial charge on any atom is 0.258 e. The molecule has 0 bridgehead atoms. The highest BCUT2D eigenvalue weighted by Crippen LogP contribution is 2.17. The average molecular weight is 266 g/mol. The molecule has 19 heavy (non-hydrogen) atoms. The minimum absolute atomic E-state index is 0.104. The lowest BCUT2D eigenvalue weighted by atomic mass is 10.2. The van der Waals surface area contributed by atoms with Gasteiger partial charge in [-0.1, -0.05) is 6.07 Å². The lowest BCUT2D eigenvalue weighted by Crippen LogP contribution is -2.16. The molecule has 1 amide bonds. The van der Waals surface area contributed by atoms with Crippen molar-refractivity contribution in [2.45, 2.75) is 6.92 Å². The van der Waals surface area contributed by atoms with Crippen LogP contribution in [0.5, 0.6) is 0 Å². The highest BCUT2D eigenvalue weighted by Gasteiger charge is 2.17. The molecule has 0 saturated carbocycles. The molecule has 0 spiro atoms. The van der Waals surface area contributed by atoms with E-state index in [9.17, 15) is 18.0 Å². The standard InChI is InChI=1S/C13H9F3N2O/c1-7-2-3-10(9(14)6-7)18-13(19)8-4-5-17-12(16)11(8)15/h2-6H,1H3,(H,18,19). The van der Waals surface area contributed by atoms with Crippen LogP contribution >= 0.6 is 0 Å². The van der Waals surface area contributed by atoms with E-state index >= 15 is 0 Å². The molecule has 0 saturated heterocycles. The average Bonchev–Trinajstić information content (AvgIpc) is 2.36. The normalized spacial score (nSPS) is 10.3. The number of carbonyl (C=O) groups is 1.